The smallest absolute Gasteiger partial charge is 0.241 e. The predicted molar refractivity (Wildman–Crippen MR) is 66.2 cm³/mol. The number of anilines is 1. The van der Waals surface area contributed by atoms with Crippen LogP contribution in [0.3, 0.4) is 0 Å². The van der Waals surface area contributed by atoms with Crippen LogP contribution in [0.1, 0.15) is 32.1 Å². The van der Waals surface area contributed by atoms with E-state index in [2.05, 4.69) is 10.9 Å². The highest BCUT2D eigenvalue weighted by Gasteiger charge is 2.33. The minimum Gasteiger partial charge on any atom is -0.389 e. The second-order valence-electron chi connectivity index (χ2n) is 4.79. The number of hydrogen-bond acceptors (Lipinski definition) is 3. The lowest BCUT2D eigenvalue weighted by atomic mass is 9.98. The fourth-order valence-electron chi connectivity index (χ4n) is 2.23. The molecule has 98 valence electrons. The lowest BCUT2D eigenvalue weighted by Gasteiger charge is -2.21. The normalized spacial score (nSPS) is 17.4. The molecule has 4 nitrogen and oxygen atoms in total. The van der Waals surface area contributed by atoms with E-state index >= 15 is 0 Å². The fourth-order valence-corrected chi connectivity index (χ4v) is 2.23. The number of nitrogens with one attached hydrogen (secondary N) is 2. The molecule has 1 aromatic carbocycles. The number of hydrogen-bond donors (Lipinski definition) is 3. The zero-order chi connectivity index (χ0) is 13.0. The maximum Gasteiger partial charge on any atom is 0.241 e. The Kier molecular flexibility index (Phi) is 3.81. The molecule has 0 spiro atoms. The number of amides is 1. The van der Waals surface area contributed by atoms with Crippen molar-refractivity contribution in [1.82, 2.24) is 5.43 Å². The standard InChI is InChI=1S/C13H17FN2O2/c14-10-3-5-11(6-4-10)15-16-12(17)9-13(18)7-1-2-8-13/h3-6,15,18H,1-2,7-9H2,(H,16,17). The van der Waals surface area contributed by atoms with Crippen LogP contribution >= 0.6 is 0 Å². The maximum absolute atomic E-state index is 12.7. The summed E-state index contributed by atoms with van der Waals surface area (Å²) < 4.78 is 12.7. The molecule has 1 fully saturated rings. The molecule has 2 rings (SSSR count). The Morgan fingerprint density at radius 1 is 1.28 bits per heavy atom. The Balaban J connectivity index is 1.79. The average Bonchev–Trinajstić information content (AvgIpc) is 2.75. The Bertz CT molecular complexity index is 414. The van der Waals surface area contributed by atoms with Crippen molar-refractivity contribution in [2.75, 3.05) is 5.43 Å². The van der Waals surface area contributed by atoms with Crippen LogP contribution in [0.15, 0.2) is 24.3 Å². The van der Waals surface area contributed by atoms with Gasteiger partial charge in [0, 0.05) is 0 Å². The van der Waals surface area contributed by atoms with Crippen LogP contribution in [-0.2, 0) is 4.79 Å². The molecule has 0 atom stereocenters. The van der Waals surface area contributed by atoms with Crippen molar-refractivity contribution in [3.63, 3.8) is 0 Å². The quantitative estimate of drug-likeness (QED) is 0.718. The van der Waals surface area contributed by atoms with Crippen molar-refractivity contribution in [3.05, 3.63) is 30.1 Å². The van der Waals surface area contributed by atoms with Crippen molar-refractivity contribution in [2.24, 2.45) is 0 Å². The number of aliphatic hydroxyl groups is 1. The number of carbonyl (C=O) groups is 1. The molecular formula is C13H17FN2O2. The van der Waals surface area contributed by atoms with Gasteiger partial charge in [-0.2, -0.15) is 0 Å². The molecule has 18 heavy (non-hydrogen) atoms. The monoisotopic (exact) mass is 252 g/mol. The molecule has 0 aliphatic heterocycles. The SMILES string of the molecule is O=C(CC1(O)CCCC1)NNc1ccc(F)cc1. The Morgan fingerprint density at radius 2 is 1.89 bits per heavy atom. The summed E-state index contributed by atoms with van der Waals surface area (Å²) in [7, 11) is 0. The summed E-state index contributed by atoms with van der Waals surface area (Å²) in [5.74, 6) is -0.587. The van der Waals surface area contributed by atoms with Gasteiger partial charge in [-0.1, -0.05) is 12.8 Å². The van der Waals surface area contributed by atoms with Gasteiger partial charge in [0.05, 0.1) is 17.7 Å². The molecule has 5 heteroatoms. The van der Waals surface area contributed by atoms with E-state index in [-0.39, 0.29) is 18.1 Å². The van der Waals surface area contributed by atoms with E-state index in [0.717, 1.165) is 12.8 Å². The van der Waals surface area contributed by atoms with Gasteiger partial charge in [0.15, 0.2) is 0 Å². The highest BCUT2D eigenvalue weighted by Crippen LogP contribution is 2.32. The molecule has 1 aliphatic rings. The number of halogens is 1. The minimum absolute atomic E-state index is 0.0984. The van der Waals surface area contributed by atoms with Crippen LogP contribution in [-0.4, -0.2) is 16.6 Å². The van der Waals surface area contributed by atoms with Gasteiger partial charge in [-0.05, 0) is 37.1 Å². The highest BCUT2D eigenvalue weighted by atomic mass is 19.1. The van der Waals surface area contributed by atoms with Gasteiger partial charge in [0.2, 0.25) is 5.91 Å². The molecule has 1 amide bonds. The molecule has 0 heterocycles. The molecule has 0 radical (unpaired) electrons. The summed E-state index contributed by atoms with van der Waals surface area (Å²) in [6.45, 7) is 0. The predicted octanol–water partition coefficient (Wildman–Crippen LogP) is 1.96. The summed E-state index contributed by atoms with van der Waals surface area (Å²) in [4.78, 5) is 11.6. The van der Waals surface area contributed by atoms with Crippen molar-refractivity contribution in [3.8, 4) is 0 Å². The number of carbonyl (C=O) groups excluding carboxylic acids is 1. The van der Waals surface area contributed by atoms with E-state index in [1.165, 1.54) is 24.3 Å². The summed E-state index contributed by atoms with van der Waals surface area (Å²) in [5.41, 5.74) is 4.93. The molecule has 3 N–H and O–H groups in total. The van der Waals surface area contributed by atoms with E-state index < -0.39 is 5.60 Å². The van der Waals surface area contributed by atoms with Crippen LogP contribution < -0.4 is 10.9 Å². The fraction of sp³-hybridized carbons (Fsp3) is 0.462. The van der Waals surface area contributed by atoms with Gasteiger partial charge in [-0.25, -0.2) is 4.39 Å². The van der Waals surface area contributed by atoms with Crippen LogP contribution in [0.5, 0.6) is 0 Å². The lowest BCUT2D eigenvalue weighted by Crippen LogP contribution is -2.37. The molecular weight excluding hydrogens is 235 g/mol. The second-order valence-corrected chi connectivity index (χ2v) is 4.79. The topological polar surface area (TPSA) is 61.4 Å². The number of rotatable bonds is 4. The summed E-state index contributed by atoms with van der Waals surface area (Å²) in [5, 5.41) is 10.1. The molecule has 0 saturated heterocycles. The molecule has 1 saturated carbocycles. The zero-order valence-electron chi connectivity index (χ0n) is 10.1. The number of hydrazine groups is 1. The van der Waals surface area contributed by atoms with Crippen LogP contribution in [0, 0.1) is 5.82 Å². The third-order valence-electron chi connectivity index (χ3n) is 3.21. The van der Waals surface area contributed by atoms with Gasteiger partial charge in [-0.15, -0.1) is 0 Å². The molecule has 0 unspecified atom stereocenters. The van der Waals surface area contributed by atoms with Gasteiger partial charge in [0.25, 0.3) is 0 Å². The van der Waals surface area contributed by atoms with E-state index in [1.54, 1.807) is 0 Å². The van der Waals surface area contributed by atoms with Crippen molar-refractivity contribution < 1.29 is 14.3 Å². The van der Waals surface area contributed by atoms with E-state index in [1.807, 2.05) is 0 Å². The third-order valence-corrected chi connectivity index (χ3v) is 3.21. The third kappa shape index (κ3) is 3.43. The van der Waals surface area contributed by atoms with Crippen LogP contribution in [0.4, 0.5) is 10.1 Å². The van der Waals surface area contributed by atoms with Crippen molar-refractivity contribution in [2.45, 2.75) is 37.7 Å². The van der Waals surface area contributed by atoms with Gasteiger partial charge in [-0.3, -0.25) is 15.6 Å². The molecule has 1 aliphatic carbocycles. The minimum atomic E-state index is -0.853. The van der Waals surface area contributed by atoms with Gasteiger partial charge >= 0.3 is 0 Å². The summed E-state index contributed by atoms with van der Waals surface area (Å²) in [6, 6.07) is 5.66. The maximum atomic E-state index is 12.7. The Hall–Kier alpha value is -1.62. The Morgan fingerprint density at radius 3 is 2.50 bits per heavy atom. The van der Waals surface area contributed by atoms with Gasteiger partial charge in [0.1, 0.15) is 5.82 Å². The summed E-state index contributed by atoms with van der Waals surface area (Å²) in [6.07, 6.45) is 3.39. The molecule has 1 aromatic rings. The Labute approximate surface area is 105 Å². The van der Waals surface area contributed by atoms with E-state index in [9.17, 15) is 14.3 Å². The largest absolute Gasteiger partial charge is 0.389 e. The van der Waals surface area contributed by atoms with Crippen LogP contribution in [0.25, 0.3) is 0 Å². The number of benzene rings is 1. The van der Waals surface area contributed by atoms with Gasteiger partial charge < -0.3 is 5.11 Å². The van der Waals surface area contributed by atoms with Crippen LogP contribution in [0.2, 0.25) is 0 Å². The molecule has 0 aromatic heterocycles. The first kappa shape index (κ1) is 12.8. The lowest BCUT2D eigenvalue weighted by molar-refractivity contribution is -0.125. The molecule has 0 bridgehead atoms. The second kappa shape index (κ2) is 5.35. The van der Waals surface area contributed by atoms with Crippen molar-refractivity contribution in [1.29, 1.82) is 0 Å². The zero-order valence-corrected chi connectivity index (χ0v) is 10.1. The first-order chi connectivity index (χ1) is 8.57. The van der Waals surface area contributed by atoms with E-state index in [0.29, 0.717) is 18.5 Å². The first-order valence-electron chi connectivity index (χ1n) is 6.10. The first-order valence-corrected chi connectivity index (χ1v) is 6.10. The van der Waals surface area contributed by atoms with Crippen molar-refractivity contribution >= 4 is 11.6 Å². The highest BCUT2D eigenvalue weighted by molar-refractivity contribution is 5.78. The van der Waals surface area contributed by atoms with E-state index in [4.69, 9.17) is 0 Å². The average molecular weight is 252 g/mol. The summed E-state index contributed by atoms with van der Waals surface area (Å²) >= 11 is 0.